The lowest BCUT2D eigenvalue weighted by atomic mass is 9.77. The third-order valence-electron chi connectivity index (χ3n) is 7.53. The molecule has 35 heavy (non-hydrogen) atoms. The van der Waals surface area contributed by atoms with Crippen molar-refractivity contribution in [3.05, 3.63) is 101 Å². The summed E-state index contributed by atoms with van der Waals surface area (Å²) in [6.45, 7) is 3.95. The van der Waals surface area contributed by atoms with Crippen LogP contribution in [0.3, 0.4) is 0 Å². The first kappa shape index (κ1) is 21.6. The van der Waals surface area contributed by atoms with Crippen LogP contribution < -0.4 is 4.90 Å². The molecule has 6 nitrogen and oxygen atoms in total. The number of aryl methyl sites for hydroxylation is 2. The van der Waals surface area contributed by atoms with E-state index in [1.807, 2.05) is 50.2 Å². The van der Waals surface area contributed by atoms with E-state index in [2.05, 4.69) is 0 Å². The summed E-state index contributed by atoms with van der Waals surface area (Å²) in [6, 6.07) is 21.1. The molecule has 3 aliphatic rings. The molecule has 1 aliphatic carbocycles. The molecule has 0 N–H and O–H groups in total. The van der Waals surface area contributed by atoms with Gasteiger partial charge in [-0.25, -0.2) is 4.90 Å². The van der Waals surface area contributed by atoms with Gasteiger partial charge in [0, 0.05) is 11.1 Å². The number of Topliss-reactive ketones (excluding diaryl/α,β-unsaturated/α-hetero) is 2. The number of nitrogens with zero attached hydrogens (tertiary/aromatic N) is 1. The topological polar surface area (TPSA) is 80.8 Å². The smallest absolute Gasteiger partial charge is 0.241 e. The van der Waals surface area contributed by atoms with Crippen LogP contribution in [0.25, 0.3) is 0 Å². The Kier molecular flexibility index (Phi) is 4.66. The highest BCUT2D eigenvalue weighted by atomic mass is 16.5. The van der Waals surface area contributed by atoms with Crippen LogP contribution in [0.15, 0.2) is 72.8 Å². The van der Waals surface area contributed by atoms with E-state index in [4.69, 9.17) is 4.74 Å². The van der Waals surface area contributed by atoms with E-state index in [-0.39, 0.29) is 11.1 Å². The number of anilines is 1. The zero-order valence-corrected chi connectivity index (χ0v) is 19.4. The Hall–Kier alpha value is -3.90. The molecule has 0 radical (unpaired) electrons. The monoisotopic (exact) mass is 465 g/mol. The van der Waals surface area contributed by atoms with Crippen molar-refractivity contribution in [3.8, 4) is 0 Å². The summed E-state index contributed by atoms with van der Waals surface area (Å²) < 4.78 is 6.32. The maximum absolute atomic E-state index is 13.9. The van der Waals surface area contributed by atoms with Crippen molar-refractivity contribution in [1.29, 1.82) is 0 Å². The van der Waals surface area contributed by atoms with E-state index >= 15 is 0 Å². The van der Waals surface area contributed by atoms with Gasteiger partial charge in [0.1, 0.15) is 0 Å². The summed E-state index contributed by atoms with van der Waals surface area (Å²) in [5, 5.41) is 0. The minimum absolute atomic E-state index is 0.229. The van der Waals surface area contributed by atoms with Crippen molar-refractivity contribution in [2.24, 2.45) is 11.8 Å². The Morgan fingerprint density at radius 3 is 1.97 bits per heavy atom. The highest BCUT2D eigenvalue weighted by molar-refractivity contribution is 6.37. The minimum atomic E-state index is -2.05. The molecule has 3 atom stereocenters. The zero-order valence-electron chi connectivity index (χ0n) is 19.4. The summed E-state index contributed by atoms with van der Waals surface area (Å²) in [5.74, 6) is -4.36. The number of ether oxygens (including phenoxy) is 1. The van der Waals surface area contributed by atoms with Crippen molar-refractivity contribution in [1.82, 2.24) is 0 Å². The molecule has 174 valence electrons. The van der Waals surface area contributed by atoms with Crippen LogP contribution in [0.1, 0.15) is 50.4 Å². The maximum Gasteiger partial charge on any atom is 0.241 e. The maximum atomic E-state index is 13.9. The molecule has 0 bridgehead atoms. The normalized spacial score (nSPS) is 24.4. The number of ketones is 2. The summed E-state index contributed by atoms with van der Waals surface area (Å²) >= 11 is 0. The third kappa shape index (κ3) is 2.80. The summed E-state index contributed by atoms with van der Waals surface area (Å²) in [5.41, 5.74) is 1.59. The van der Waals surface area contributed by atoms with E-state index in [1.54, 1.807) is 36.4 Å². The highest BCUT2D eigenvalue weighted by Crippen LogP contribution is 2.57. The predicted molar refractivity (Wildman–Crippen MR) is 128 cm³/mol. The van der Waals surface area contributed by atoms with Gasteiger partial charge in [-0.2, -0.15) is 0 Å². The SMILES string of the molecule is CCc1ccc([C@H]2OC3(C(=O)c4ccccc4C3=O)[C@@H]3C(=O)N(c4ccc(C)cc4)C(=O)[C@H]23)cc1. The third-order valence-corrected chi connectivity index (χ3v) is 7.53. The minimum Gasteiger partial charge on any atom is -0.349 e. The van der Waals surface area contributed by atoms with Gasteiger partial charge >= 0.3 is 0 Å². The summed E-state index contributed by atoms with van der Waals surface area (Å²) in [7, 11) is 0. The number of carbonyl (C=O) groups is 4. The fourth-order valence-electron chi connectivity index (χ4n) is 5.71. The average molecular weight is 466 g/mol. The van der Waals surface area contributed by atoms with Crippen molar-refractivity contribution >= 4 is 29.1 Å². The Balaban J connectivity index is 1.53. The number of hydrogen-bond acceptors (Lipinski definition) is 5. The quantitative estimate of drug-likeness (QED) is 0.427. The van der Waals surface area contributed by atoms with Gasteiger partial charge in [0.05, 0.1) is 23.6 Å². The van der Waals surface area contributed by atoms with E-state index in [1.165, 1.54) is 0 Å². The van der Waals surface area contributed by atoms with E-state index in [9.17, 15) is 19.2 Å². The molecule has 2 amide bonds. The van der Waals surface area contributed by atoms with Crippen molar-refractivity contribution in [2.75, 3.05) is 4.90 Å². The Morgan fingerprint density at radius 1 is 0.800 bits per heavy atom. The Morgan fingerprint density at radius 2 is 1.40 bits per heavy atom. The van der Waals surface area contributed by atoms with Crippen LogP contribution in [0.4, 0.5) is 5.69 Å². The molecule has 0 saturated carbocycles. The van der Waals surface area contributed by atoms with Crippen LogP contribution in [0.2, 0.25) is 0 Å². The molecule has 0 aromatic heterocycles. The van der Waals surface area contributed by atoms with Crippen LogP contribution in [0.5, 0.6) is 0 Å². The Bertz CT molecular complexity index is 1370. The average Bonchev–Trinajstić information content (AvgIpc) is 3.45. The number of benzene rings is 3. The van der Waals surface area contributed by atoms with Gasteiger partial charge in [0.25, 0.3) is 0 Å². The fourth-order valence-corrected chi connectivity index (χ4v) is 5.71. The Labute approximate surface area is 202 Å². The van der Waals surface area contributed by atoms with Gasteiger partial charge in [0.2, 0.25) is 29.0 Å². The largest absolute Gasteiger partial charge is 0.349 e. The molecular formula is C29H23NO5. The van der Waals surface area contributed by atoms with E-state index in [0.29, 0.717) is 11.3 Å². The van der Waals surface area contributed by atoms with Crippen LogP contribution in [-0.2, 0) is 20.7 Å². The first-order valence-corrected chi connectivity index (χ1v) is 11.8. The second-order valence-corrected chi connectivity index (χ2v) is 9.42. The van der Waals surface area contributed by atoms with Crippen LogP contribution in [-0.4, -0.2) is 29.0 Å². The lowest BCUT2D eigenvalue weighted by Gasteiger charge is -2.27. The second kappa shape index (κ2) is 7.55. The summed E-state index contributed by atoms with van der Waals surface area (Å²) in [6.07, 6.45) is -0.0628. The second-order valence-electron chi connectivity index (χ2n) is 9.42. The lowest BCUT2D eigenvalue weighted by molar-refractivity contribution is -0.127. The van der Waals surface area contributed by atoms with Crippen LogP contribution >= 0.6 is 0 Å². The molecule has 0 unspecified atom stereocenters. The number of fused-ring (bicyclic) bond motifs is 3. The summed E-state index contributed by atoms with van der Waals surface area (Å²) in [4.78, 5) is 56.4. The van der Waals surface area contributed by atoms with Gasteiger partial charge in [-0.15, -0.1) is 0 Å². The molecule has 2 aliphatic heterocycles. The number of amides is 2. The van der Waals surface area contributed by atoms with E-state index in [0.717, 1.165) is 22.4 Å². The molecule has 6 rings (SSSR count). The number of carbonyl (C=O) groups excluding carboxylic acids is 4. The lowest BCUT2D eigenvalue weighted by Crippen LogP contribution is -2.51. The number of hydrogen-bond donors (Lipinski definition) is 0. The molecule has 2 saturated heterocycles. The number of rotatable bonds is 3. The molecule has 2 fully saturated rings. The standard InChI is InChI=1S/C29H23NO5/c1-3-17-10-12-18(13-11-17)24-22-23(28(34)30(27(22)33)19-14-8-16(2)9-15-19)29(35-24)25(31)20-6-4-5-7-21(20)26(29)32/h4-15,22-24H,3H2,1-2H3/t22-,23-,24+/m0/s1. The van der Waals surface area contributed by atoms with Gasteiger partial charge < -0.3 is 4.74 Å². The molecular weight excluding hydrogens is 442 g/mol. The molecule has 3 aromatic carbocycles. The molecule has 3 aromatic rings. The molecule has 1 spiro atoms. The highest BCUT2D eigenvalue weighted by Gasteiger charge is 2.74. The molecule has 2 heterocycles. The first-order chi connectivity index (χ1) is 16.9. The number of imide groups is 1. The zero-order chi connectivity index (χ0) is 24.5. The predicted octanol–water partition coefficient (Wildman–Crippen LogP) is 4.25. The van der Waals surface area contributed by atoms with Gasteiger partial charge in [-0.3, -0.25) is 19.2 Å². The van der Waals surface area contributed by atoms with Gasteiger partial charge in [0.15, 0.2) is 0 Å². The van der Waals surface area contributed by atoms with Gasteiger partial charge in [-0.05, 0) is 36.6 Å². The first-order valence-electron chi connectivity index (χ1n) is 11.8. The molecule has 6 heteroatoms. The fraction of sp³-hybridized carbons (Fsp3) is 0.241. The van der Waals surface area contributed by atoms with Crippen LogP contribution in [0, 0.1) is 18.8 Å². The van der Waals surface area contributed by atoms with Crippen molar-refractivity contribution in [2.45, 2.75) is 32.0 Å². The van der Waals surface area contributed by atoms with Crippen molar-refractivity contribution in [3.63, 3.8) is 0 Å². The van der Waals surface area contributed by atoms with Gasteiger partial charge in [-0.1, -0.05) is 73.2 Å². The van der Waals surface area contributed by atoms with Crippen molar-refractivity contribution < 1.29 is 23.9 Å². The van der Waals surface area contributed by atoms with E-state index < -0.39 is 46.9 Å².